The zero-order chi connectivity index (χ0) is 22.2. The summed E-state index contributed by atoms with van der Waals surface area (Å²) >= 11 is 0. The molecule has 1 N–H and O–H groups in total. The topological polar surface area (TPSA) is 64.6 Å². The van der Waals surface area contributed by atoms with Crippen molar-refractivity contribution in [3.8, 4) is 16.9 Å². The van der Waals surface area contributed by atoms with Crippen LogP contribution in [0.4, 0.5) is 9.18 Å². The van der Waals surface area contributed by atoms with Crippen LogP contribution in [0.15, 0.2) is 42.5 Å². The molecule has 2 aromatic rings. The molecule has 0 radical (unpaired) electrons. The molecule has 5 nitrogen and oxygen atoms in total. The molecule has 1 amide bonds. The van der Waals surface area contributed by atoms with Gasteiger partial charge < -0.3 is 14.8 Å². The number of halogens is 1. The maximum absolute atomic E-state index is 14.7. The fraction of sp³-hybridized carbons (Fsp3) is 0.440. The lowest BCUT2D eigenvalue weighted by atomic mass is 9.87. The first-order chi connectivity index (χ1) is 15.0. The Morgan fingerprint density at radius 2 is 1.90 bits per heavy atom. The van der Waals surface area contributed by atoms with Gasteiger partial charge in [-0.05, 0) is 48.6 Å². The van der Waals surface area contributed by atoms with E-state index in [1.54, 1.807) is 43.3 Å². The van der Waals surface area contributed by atoms with Crippen LogP contribution in [0, 0.1) is 11.7 Å². The molecule has 1 aliphatic rings. The van der Waals surface area contributed by atoms with Crippen LogP contribution in [0.1, 0.15) is 56.9 Å². The van der Waals surface area contributed by atoms with Gasteiger partial charge in [0.2, 0.25) is 0 Å². The summed E-state index contributed by atoms with van der Waals surface area (Å²) in [4.78, 5) is 23.8. The minimum Gasteiger partial charge on any atom is -0.469 e. The van der Waals surface area contributed by atoms with Crippen LogP contribution in [0.2, 0.25) is 0 Å². The average Bonchev–Trinajstić information content (AvgIpc) is 2.78. The molecule has 0 spiro atoms. The number of carbonyl (C=O) groups excluding carboxylic acids is 2. The van der Waals surface area contributed by atoms with Crippen molar-refractivity contribution >= 4 is 12.1 Å². The number of hydrogen-bond acceptors (Lipinski definition) is 4. The van der Waals surface area contributed by atoms with Crippen molar-refractivity contribution < 1.29 is 23.5 Å². The molecule has 3 rings (SSSR count). The number of ether oxygens (including phenoxy) is 2. The molecule has 0 heterocycles. The molecule has 1 saturated carbocycles. The molecule has 1 atom stereocenters. The predicted octanol–water partition coefficient (Wildman–Crippen LogP) is 5.83. The molecule has 0 aliphatic heterocycles. The highest BCUT2D eigenvalue weighted by Crippen LogP contribution is 2.29. The first-order valence-corrected chi connectivity index (χ1v) is 10.9. The first kappa shape index (κ1) is 22.8. The summed E-state index contributed by atoms with van der Waals surface area (Å²) in [6.45, 7) is 2.26. The van der Waals surface area contributed by atoms with E-state index in [-0.39, 0.29) is 0 Å². The Balaban J connectivity index is 1.60. The largest absolute Gasteiger partial charge is 0.469 e. The van der Waals surface area contributed by atoms with Gasteiger partial charge in [0.15, 0.2) is 0 Å². The van der Waals surface area contributed by atoms with E-state index in [1.807, 2.05) is 0 Å². The Hall–Kier alpha value is -2.89. The molecule has 31 heavy (non-hydrogen) atoms. The van der Waals surface area contributed by atoms with Crippen LogP contribution in [0.25, 0.3) is 11.1 Å². The third-order valence-electron chi connectivity index (χ3n) is 5.95. The van der Waals surface area contributed by atoms with Gasteiger partial charge in [-0.15, -0.1) is 0 Å². The van der Waals surface area contributed by atoms with Crippen molar-refractivity contribution in [2.45, 2.75) is 51.4 Å². The summed E-state index contributed by atoms with van der Waals surface area (Å²) in [5.74, 6) is -0.399. The monoisotopic (exact) mass is 427 g/mol. The number of amides is 1. The summed E-state index contributed by atoms with van der Waals surface area (Å²) in [5, 5.41) is 2.81. The Kier molecular flexibility index (Phi) is 8.04. The molecule has 2 aromatic carbocycles. The van der Waals surface area contributed by atoms with Crippen LogP contribution < -0.4 is 10.1 Å². The molecule has 0 bridgehead atoms. The minimum absolute atomic E-state index is 0.346. The minimum atomic E-state index is -0.555. The Morgan fingerprint density at radius 1 is 1.13 bits per heavy atom. The van der Waals surface area contributed by atoms with E-state index >= 15 is 0 Å². The van der Waals surface area contributed by atoms with Crippen molar-refractivity contribution in [2.75, 3.05) is 13.7 Å². The standard InChI is InChI=1S/C25H30FNO4/c1-17(24(28)30-2)19-11-12-22(23(26)16-19)20-9-6-10-21(15-20)31-25(29)27-14-13-18-7-4-3-5-8-18/h6,9-12,15-18H,3-5,7-8,13-14H2,1-2H3,(H,27,29). The lowest BCUT2D eigenvalue weighted by Gasteiger charge is -2.21. The molecule has 1 aliphatic carbocycles. The van der Waals surface area contributed by atoms with Crippen LogP contribution in [-0.4, -0.2) is 25.7 Å². The smallest absolute Gasteiger partial charge is 0.412 e. The number of methoxy groups -OCH3 is 1. The normalized spacial score (nSPS) is 15.2. The molecule has 166 valence electrons. The third kappa shape index (κ3) is 6.29. The molecule has 6 heteroatoms. The fourth-order valence-corrected chi connectivity index (χ4v) is 4.07. The summed E-state index contributed by atoms with van der Waals surface area (Å²) in [5.41, 5.74) is 1.49. The number of hydrogen-bond donors (Lipinski definition) is 1. The van der Waals surface area contributed by atoms with Gasteiger partial charge in [0.1, 0.15) is 11.6 Å². The number of benzene rings is 2. The zero-order valence-corrected chi connectivity index (χ0v) is 18.2. The van der Waals surface area contributed by atoms with Gasteiger partial charge in [-0.1, -0.05) is 56.4 Å². The first-order valence-electron chi connectivity index (χ1n) is 10.9. The summed E-state index contributed by atoms with van der Waals surface area (Å²) in [6.07, 6.45) is 6.81. The highest BCUT2D eigenvalue weighted by atomic mass is 19.1. The number of nitrogens with one attached hydrogen (secondary N) is 1. The van der Waals surface area contributed by atoms with Crippen molar-refractivity contribution in [1.82, 2.24) is 5.32 Å². The quantitative estimate of drug-likeness (QED) is 0.565. The van der Waals surface area contributed by atoms with E-state index in [4.69, 9.17) is 9.47 Å². The molecule has 0 saturated heterocycles. The highest BCUT2D eigenvalue weighted by Gasteiger charge is 2.18. The Morgan fingerprint density at radius 3 is 2.61 bits per heavy atom. The van der Waals surface area contributed by atoms with E-state index in [2.05, 4.69) is 5.32 Å². The van der Waals surface area contributed by atoms with Gasteiger partial charge in [-0.2, -0.15) is 0 Å². The Labute approximate surface area is 182 Å². The number of carbonyl (C=O) groups is 2. The van der Waals surface area contributed by atoms with Gasteiger partial charge in [-0.25, -0.2) is 9.18 Å². The Bertz CT molecular complexity index is 908. The molecule has 0 aromatic heterocycles. The van der Waals surface area contributed by atoms with E-state index in [0.717, 1.165) is 6.42 Å². The second-order valence-corrected chi connectivity index (χ2v) is 8.12. The van der Waals surface area contributed by atoms with Crippen LogP contribution in [-0.2, 0) is 9.53 Å². The molecule has 1 unspecified atom stereocenters. The van der Waals surface area contributed by atoms with Crippen LogP contribution >= 0.6 is 0 Å². The maximum Gasteiger partial charge on any atom is 0.412 e. The van der Waals surface area contributed by atoms with E-state index in [1.165, 1.54) is 45.3 Å². The van der Waals surface area contributed by atoms with E-state index < -0.39 is 23.8 Å². The van der Waals surface area contributed by atoms with E-state index in [9.17, 15) is 14.0 Å². The summed E-state index contributed by atoms with van der Waals surface area (Å²) in [6, 6.07) is 11.4. The van der Waals surface area contributed by atoms with Crippen LogP contribution in [0.5, 0.6) is 5.75 Å². The van der Waals surface area contributed by atoms with Crippen molar-refractivity contribution in [2.24, 2.45) is 5.92 Å². The number of esters is 1. The second-order valence-electron chi connectivity index (χ2n) is 8.12. The number of rotatable bonds is 7. The lowest BCUT2D eigenvalue weighted by molar-refractivity contribution is -0.141. The van der Waals surface area contributed by atoms with Crippen molar-refractivity contribution in [1.29, 1.82) is 0 Å². The lowest BCUT2D eigenvalue weighted by Crippen LogP contribution is -2.29. The van der Waals surface area contributed by atoms with Crippen molar-refractivity contribution in [3.05, 3.63) is 53.8 Å². The fourth-order valence-electron chi connectivity index (χ4n) is 4.07. The third-order valence-corrected chi connectivity index (χ3v) is 5.95. The van der Waals surface area contributed by atoms with Gasteiger partial charge in [0, 0.05) is 12.1 Å². The van der Waals surface area contributed by atoms with Crippen molar-refractivity contribution in [3.63, 3.8) is 0 Å². The summed E-state index contributed by atoms with van der Waals surface area (Å²) in [7, 11) is 1.31. The van der Waals surface area contributed by atoms with Gasteiger partial charge >= 0.3 is 12.1 Å². The van der Waals surface area contributed by atoms with Gasteiger partial charge in [-0.3, -0.25) is 4.79 Å². The maximum atomic E-state index is 14.7. The molecular formula is C25H30FNO4. The van der Waals surface area contributed by atoms with Gasteiger partial charge in [0.05, 0.1) is 13.0 Å². The molecule has 1 fully saturated rings. The molecular weight excluding hydrogens is 397 g/mol. The average molecular weight is 428 g/mol. The zero-order valence-electron chi connectivity index (χ0n) is 18.2. The van der Waals surface area contributed by atoms with E-state index in [0.29, 0.717) is 34.9 Å². The summed E-state index contributed by atoms with van der Waals surface area (Å²) < 4.78 is 24.8. The van der Waals surface area contributed by atoms with Gasteiger partial charge in [0.25, 0.3) is 0 Å². The SMILES string of the molecule is COC(=O)C(C)c1ccc(-c2cccc(OC(=O)NCCC3CCCCC3)c2)c(F)c1. The van der Waals surface area contributed by atoms with Crippen LogP contribution in [0.3, 0.4) is 0 Å². The highest BCUT2D eigenvalue weighted by molar-refractivity contribution is 5.78. The predicted molar refractivity (Wildman–Crippen MR) is 117 cm³/mol. The second kappa shape index (κ2) is 10.9.